The van der Waals surface area contributed by atoms with Gasteiger partial charge in [-0.15, -0.1) is 0 Å². The Morgan fingerprint density at radius 2 is 2.12 bits per heavy atom. The molecular formula is C10H17N5O2. The van der Waals surface area contributed by atoms with E-state index in [9.17, 15) is 10.1 Å². The SMILES string of the molecule is CCC(C)CNc1ncnc(NC)c1[N+](=O)[O-]. The van der Waals surface area contributed by atoms with Crippen LogP contribution in [0.5, 0.6) is 0 Å². The summed E-state index contributed by atoms with van der Waals surface area (Å²) < 4.78 is 0. The third-order valence-corrected chi connectivity index (χ3v) is 2.56. The van der Waals surface area contributed by atoms with E-state index in [0.717, 1.165) is 6.42 Å². The van der Waals surface area contributed by atoms with E-state index in [1.807, 2.05) is 0 Å². The third-order valence-electron chi connectivity index (χ3n) is 2.56. The fraction of sp³-hybridized carbons (Fsp3) is 0.600. The van der Waals surface area contributed by atoms with Crippen molar-refractivity contribution in [1.82, 2.24) is 9.97 Å². The molecule has 94 valence electrons. The first kappa shape index (κ1) is 13.1. The molecule has 0 amide bonds. The van der Waals surface area contributed by atoms with Crippen LogP contribution in [-0.4, -0.2) is 28.5 Å². The van der Waals surface area contributed by atoms with Crippen LogP contribution in [0.25, 0.3) is 0 Å². The average molecular weight is 239 g/mol. The van der Waals surface area contributed by atoms with Crippen LogP contribution in [0.4, 0.5) is 17.3 Å². The summed E-state index contributed by atoms with van der Waals surface area (Å²) in [5, 5.41) is 16.6. The third kappa shape index (κ3) is 3.27. The fourth-order valence-electron chi connectivity index (χ4n) is 1.28. The van der Waals surface area contributed by atoms with Crippen molar-refractivity contribution in [3.8, 4) is 0 Å². The van der Waals surface area contributed by atoms with Gasteiger partial charge in [0.25, 0.3) is 0 Å². The molecule has 0 spiro atoms. The standard InChI is InChI=1S/C10H17N5O2/c1-4-7(2)5-12-10-8(15(16)17)9(11-3)13-6-14-10/h6-7H,4-5H2,1-3H3,(H2,11,12,13,14). The fourth-order valence-corrected chi connectivity index (χ4v) is 1.28. The molecule has 0 aliphatic rings. The topological polar surface area (TPSA) is 93.0 Å². The van der Waals surface area contributed by atoms with Crippen molar-refractivity contribution in [1.29, 1.82) is 0 Å². The van der Waals surface area contributed by atoms with E-state index in [-0.39, 0.29) is 17.3 Å². The van der Waals surface area contributed by atoms with Crippen molar-refractivity contribution in [2.75, 3.05) is 24.2 Å². The smallest absolute Gasteiger partial charge is 0.353 e. The number of aromatic nitrogens is 2. The van der Waals surface area contributed by atoms with Gasteiger partial charge in [-0.1, -0.05) is 20.3 Å². The van der Waals surface area contributed by atoms with Gasteiger partial charge in [0.2, 0.25) is 11.6 Å². The Bertz CT molecular complexity index is 396. The minimum absolute atomic E-state index is 0.113. The minimum Gasteiger partial charge on any atom is -0.367 e. The van der Waals surface area contributed by atoms with E-state index in [2.05, 4.69) is 34.4 Å². The quantitative estimate of drug-likeness (QED) is 0.581. The Labute approximate surface area is 99.8 Å². The maximum atomic E-state index is 11.0. The van der Waals surface area contributed by atoms with Gasteiger partial charge >= 0.3 is 5.69 Å². The van der Waals surface area contributed by atoms with E-state index in [1.54, 1.807) is 7.05 Å². The van der Waals surface area contributed by atoms with Gasteiger partial charge in [-0.05, 0) is 5.92 Å². The summed E-state index contributed by atoms with van der Waals surface area (Å²) in [7, 11) is 1.59. The Balaban J connectivity index is 2.94. The van der Waals surface area contributed by atoms with Crippen LogP contribution >= 0.6 is 0 Å². The normalized spacial score (nSPS) is 11.9. The maximum Gasteiger partial charge on any atom is 0.353 e. The summed E-state index contributed by atoms with van der Waals surface area (Å²) in [5.41, 5.74) is -0.113. The van der Waals surface area contributed by atoms with Crippen LogP contribution < -0.4 is 10.6 Å². The predicted octanol–water partition coefficient (Wildman–Crippen LogP) is 1.88. The second-order valence-corrected chi connectivity index (χ2v) is 3.82. The lowest BCUT2D eigenvalue weighted by Gasteiger charge is -2.11. The van der Waals surface area contributed by atoms with Crippen LogP contribution in [0.15, 0.2) is 6.33 Å². The molecule has 0 radical (unpaired) electrons. The largest absolute Gasteiger partial charge is 0.367 e. The molecule has 0 aromatic carbocycles. The highest BCUT2D eigenvalue weighted by Crippen LogP contribution is 2.28. The monoisotopic (exact) mass is 239 g/mol. The predicted molar refractivity (Wildman–Crippen MR) is 66.2 cm³/mol. The zero-order valence-electron chi connectivity index (χ0n) is 10.2. The first-order valence-electron chi connectivity index (χ1n) is 5.51. The van der Waals surface area contributed by atoms with Crippen LogP contribution in [0.2, 0.25) is 0 Å². The average Bonchev–Trinajstić information content (AvgIpc) is 2.34. The number of nitrogens with zero attached hydrogens (tertiary/aromatic N) is 3. The minimum atomic E-state index is -0.481. The molecule has 0 saturated heterocycles. The van der Waals surface area contributed by atoms with Crippen molar-refractivity contribution in [2.24, 2.45) is 5.92 Å². The van der Waals surface area contributed by atoms with Gasteiger partial charge in [0.05, 0.1) is 4.92 Å². The van der Waals surface area contributed by atoms with Gasteiger partial charge in [-0.3, -0.25) is 10.1 Å². The van der Waals surface area contributed by atoms with E-state index >= 15 is 0 Å². The zero-order valence-corrected chi connectivity index (χ0v) is 10.2. The van der Waals surface area contributed by atoms with E-state index in [0.29, 0.717) is 12.5 Å². The molecule has 1 heterocycles. The van der Waals surface area contributed by atoms with Crippen LogP contribution in [-0.2, 0) is 0 Å². The highest BCUT2D eigenvalue weighted by atomic mass is 16.6. The number of nitro groups is 1. The highest BCUT2D eigenvalue weighted by Gasteiger charge is 2.21. The number of hydrogen-bond donors (Lipinski definition) is 2. The van der Waals surface area contributed by atoms with Crippen molar-refractivity contribution in [3.63, 3.8) is 0 Å². The molecule has 0 fully saturated rings. The lowest BCUT2D eigenvalue weighted by molar-refractivity contribution is -0.383. The second kappa shape index (κ2) is 5.97. The Morgan fingerprint density at radius 3 is 2.65 bits per heavy atom. The summed E-state index contributed by atoms with van der Waals surface area (Å²) in [6.07, 6.45) is 2.31. The van der Waals surface area contributed by atoms with Gasteiger partial charge in [0.1, 0.15) is 6.33 Å². The molecule has 0 bridgehead atoms. The molecule has 1 rings (SSSR count). The van der Waals surface area contributed by atoms with Gasteiger partial charge in [0, 0.05) is 13.6 Å². The molecule has 0 aliphatic heterocycles. The second-order valence-electron chi connectivity index (χ2n) is 3.82. The van der Waals surface area contributed by atoms with Crippen molar-refractivity contribution in [3.05, 3.63) is 16.4 Å². The van der Waals surface area contributed by atoms with Crippen LogP contribution in [0.3, 0.4) is 0 Å². The molecule has 1 atom stereocenters. The first-order chi connectivity index (χ1) is 8.10. The Hall–Kier alpha value is -1.92. The summed E-state index contributed by atoms with van der Waals surface area (Å²) in [5.74, 6) is 0.911. The number of hydrogen-bond acceptors (Lipinski definition) is 6. The molecule has 1 aromatic rings. The molecule has 1 unspecified atom stereocenters. The van der Waals surface area contributed by atoms with Crippen molar-refractivity contribution >= 4 is 17.3 Å². The van der Waals surface area contributed by atoms with Crippen LogP contribution in [0.1, 0.15) is 20.3 Å². The lowest BCUT2D eigenvalue weighted by atomic mass is 10.1. The molecule has 1 aromatic heterocycles. The summed E-state index contributed by atoms with van der Waals surface area (Å²) in [6, 6.07) is 0. The Kier molecular flexibility index (Phi) is 4.62. The molecule has 0 aliphatic carbocycles. The molecule has 7 nitrogen and oxygen atoms in total. The molecule has 7 heteroatoms. The van der Waals surface area contributed by atoms with Crippen molar-refractivity contribution < 1.29 is 4.92 Å². The van der Waals surface area contributed by atoms with Gasteiger partial charge in [-0.2, -0.15) is 0 Å². The number of nitrogens with one attached hydrogen (secondary N) is 2. The van der Waals surface area contributed by atoms with Gasteiger partial charge in [0.15, 0.2) is 0 Å². The molecular weight excluding hydrogens is 222 g/mol. The summed E-state index contributed by atoms with van der Waals surface area (Å²) in [6.45, 7) is 4.79. The van der Waals surface area contributed by atoms with Gasteiger partial charge < -0.3 is 10.6 Å². The maximum absolute atomic E-state index is 11.0. The molecule has 0 saturated carbocycles. The highest BCUT2D eigenvalue weighted by molar-refractivity contribution is 5.68. The van der Waals surface area contributed by atoms with Crippen LogP contribution in [0, 0.1) is 16.0 Å². The Morgan fingerprint density at radius 1 is 1.47 bits per heavy atom. The zero-order chi connectivity index (χ0) is 12.8. The van der Waals surface area contributed by atoms with E-state index in [1.165, 1.54) is 6.33 Å². The molecule has 2 N–H and O–H groups in total. The van der Waals surface area contributed by atoms with E-state index < -0.39 is 4.92 Å². The summed E-state index contributed by atoms with van der Waals surface area (Å²) >= 11 is 0. The molecule has 17 heavy (non-hydrogen) atoms. The summed E-state index contributed by atoms with van der Waals surface area (Å²) in [4.78, 5) is 18.2. The van der Waals surface area contributed by atoms with E-state index in [4.69, 9.17) is 0 Å². The first-order valence-corrected chi connectivity index (χ1v) is 5.51. The van der Waals surface area contributed by atoms with Gasteiger partial charge in [-0.25, -0.2) is 9.97 Å². The lowest BCUT2D eigenvalue weighted by Crippen LogP contribution is -2.13. The number of rotatable bonds is 6. The van der Waals surface area contributed by atoms with Crippen molar-refractivity contribution in [2.45, 2.75) is 20.3 Å². The number of anilines is 2.